The highest BCUT2D eigenvalue weighted by atomic mass is 16.2. The van der Waals surface area contributed by atoms with Gasteiger partial charge in [-0.05, 0) is 37.1 Å². The lowest BCUT2D eigenvalue weighted by Crippen LogP contribution is -2.34. The Morgan fingerprint density at radius 3 is 2.79 bits per heavy atom. The SMILES string of the molecule is O=C(Nc1ccccc1)N1CCCC1c1ccc[nH]1. The van der Waals surface area contributed by atoms with E-state index in [-0.39, 0.29) is 12.1 Å². The van der Waals surface area contributed by atoms with E-state index in [1.807, 2.05) is 53.6 Å². The molecule has 4 heteroatoms. The van der Waals surface area contributed by atoms with E-state index in [9.17, 15) is 4.79 Å². The molecule has 0 bridgehead atoms. The number of hydrogen-bond acceptors (Lipinski definition) is 1. The molecule has 0 aliphatic carbocycles. The highest BCUT2D eigenvalue weighted by molar-refractivity contribution is 5.89. The zero-order valence-electron chi connectivity index (χ0n) is 10.7. The number of rotatable bonds is 2. The van der Waals surface area contributed by atoms with Crippen molar-refractivity contribution in [3.8, 4) is 0 Å². The maximum atomic E-state index is 12.3. The second kappa shape index (κ2) is 5.18. The van der Waals surface area contributed by atoms with E-state index in [1.54, 1.807) is 0 Å². The quantitative estimate of drug-likeness (QED) is 0.849. The third-order valence-electron chi connectivity index (χ3n) is 3.52. The lowest BCUT2D eigenvalue weighted by molar-refractivity contribution is 0.206. The summed E-state index contributed by atoms with van der Waals surface area (Å²) < 4.78 is 0. The van der Waals surface area contributed by atoms with Crippen LogP contribution in [0, 0.1) is 0 Å². The van der Waals surface area contributed by atoms with Crippen molar-refractivity contribution in [2.75, 3.05) is 11.9 Å². The molecule has 1 aromatic carbocycles. The van der Waals surface area contributed by atoms with Gasteiger partial charge < -0.3 is 15.2 Å². The van der Waals surface area contributed by atoms with Crippen LogP contribution in [0.4, 0.5) is 10.5 Å². The van der Waals surface area contributed by atoms with E-state index in [0.29, 0.717) is 0 Å². The summed E-state index contributed by atoms with van der Waals surface area (Å²) in [6.45, 7) is 0.808. The number of aromatic nitrogens is 1. The lowest BCUT2D eigenvalue weighted by atomic mass is 10.1. The van der Waals surface area contributed by atoms with Gasteiger partial charge >= 0.3 is 6.03 Å². The molecule has 2 aromatic rings. The van der Waals surface area contributed by atoms with Gasteiger partial charge in [0.25, 0.3) is 0 Å². The number of carbonyl (C=O) groups excluding carboxylic acids is 1. The van der Waals surface area contributed by atoms with Gasteiger partial charge in [-0.1, -0.05) is 18.2 Å². The van der Waals surface area contributed by atoms with Gasteiger partial charge in [0.1, 0.15) is 0 Å². The van der Waals surface area contributed by atoms with Crippen LogP contribution in [0.25, 0.3) is 0 Å². The highest BCUT2D eigenvalue weighted by Crippen LogP contribution is 2.31. The first-order valence-electron chi connectivity index (χ1n) is 6.60. The molecule has 3 rings (SSSR count). The lowest BCUT2D eigenvalue weighted by Gasteiger charge is -2.24. The standard InChI is InChI=1S/C15H17N3O/c19-15(17-12-6-2-1-3-7-12)18-11-5-9-14(18)13-8-4-10-16-13/h1-4,6-8,10,14,16H,5,9,11H2,(H,17,19). The molecule has 19 heavy (non-hydrogen) atoms. The monoisotopic (exact) mass is 255 g/mol. The van der Waals surface area contributed by atoms with Gasteiger partial charge in [-0.2, -0.15) is 0 Å². The van der Waals surface area contributed by atoms with Gasteiger partial charge in [-0.3, -0.25) is 0 Å². The van der Waals surface area contributed by atoms with Gasteiger partial charge in [0.15, 0.2) is 0 Å². The van der Waals surface area contributed by atoms with Crippen molar-refractivity contribution in [1.29, 1.82) is 0 Å². The molecule has 1 unspecified atom stereocenters. The van der Waals surface area contributed by atoms with E-state index in [1.165, 1.54) is 0 Å². The smallest absolute Gasteiger partial charge is 0.322 e. The van der Waals surface area contributed by atoms with Crippen LogP contribution >= 0.6 is 0 Å². The Labute approximate surface area is 112 Å². The Hall–Kier alpha value is -2.23. The third kappa shape index (κ3) is 2.47. The van der Waals surface area contributed by atoms with Crippen LogP contribution in [0.2, 0.25) is 0 Å². The summed E-state index contributed by atoms with van der Waals surface area (Å²) >= 11 is 0. The van der Waals surface area contributed by atoms with Crippen molar-refractivity contribution in [2.24, 2.45) is 0 Å². The minimum Gasteiger partial charge on any atom is -0.363 e. The fraction of sp³-hybridized carbons (Fsp3) is 0.267. The summed E-state index contributed by atoms with van der Waals surface area (Å²) in [5.74, 6) is 0. The summed E-state index contributed by atoms with van der Waals surface area (Å²) in [6.07, 6.45) is 3.97. The van der Waals surface area contributed by atoms with E-state index in [0.717, 1.165) is 30.8 Å². The molecule has 2 amide bonds. The largest absolute Gasteiger partial charge is 0.363 e. The molecule has 98 valence electrons. The number of nitrogens with one attached hydrogen (secondary N) is 2. The fourth-order valence-corrected chi connectivity index (χ4v) is 2.60. The predicted molar refractivity (Wildman–Crippen MR) is 74.9 cm³/mol. The number of benzene rings is 1. The minimum atomic E-state index is -0.0247. The molecule has 2 heterocycles. The number of carbonyl (C=O) groups is 1. The number of H-pyrrole nitrogens is 1. The zero-order chi connectivity index (χ0) is 13.1. The van der Waals surface area contributed by atoms with Crippen LogP contribution in [-0.4, -0.2) is 22.5 Å². The number of amides is 2. The summed E-state index contributed by atoms with van der Waals surface area (Å²) in [5, 5.41) is 2.95. The average Bonchev–Trinajstić information content (AvgIpc) is 3.10. The molecule has 4 nitrogen and oxygen atoms in total. The molecule has 1 aliphatic heterocycles. The number of para-hydroxylation sites is 1. The van der Waals surface area contributed by atoms with Gasteiger partial charge in [0, 0.05) is 24.1 Å². The molecule has 2 N–H and O–H groups in total. The second-order valence-corrected chi connectivity index (χ2v) is 4.77. The number of urea groups is 1. The Kier molecular flexibility index (Phi) is 3.23. The first-order chi connectivity index (χ1) is 9.34. The van der Waals surface area contributed by atoms with Gasteiger partial charge in [0.05, 0.1) is 6.04 Å². The van der Waals surface area contributed by atoms with Crippen molar-refractivity contribution < 1.29 is 4.79 Å². The van der Waals surface area contributed by atoms with Crippen molar-refractivity contribution in [2.45, 2.75) is 18.9 Å². The molecule has 0 spiro atoms. The minimum absolute atomic E-state index is 0.0247. The van der Waals surface area contributed by atoms with Crippen molar-refractivity contribution >= 4 is 11.7 Å². The third-order valence-corrected chi connectivity index (χ3v) is 3.52. The first-order valence-corrected chi connectivity index (χ1v) is 6.60. The predicted octanol–water partition coefficient (Wildman–Crippen LogP) is 3.38. The van der Waals surface area contributed by atoms with Crippen LogP contribution in [0.15, 0.2) is 48.7 Å². The normalized spacial score (nSPS) is 18.5. The molecule has 0 saturated carbocycles. The number of likely N-dealkylation sites (tertiary alicyclic amines) is 1. The molecular formula is C15H17N3O. The number of anilines is 1. The van der Waals surface area contributed by atoms with E-state index in [4.69, 9.17) is 0 Å². The number of hydrogen-bond donors (Lipinski definition) is 2. The van der Waals surface area contributed by atoms with Crippen LogP contribution in [0.1, 0.15) is 24.6 Å². The average molecular weight is 255 g/mol. The Morgan fingerprint density at radius 2 is 2.05 bits per heavy atom. The van der Waals surface area contributed by atoms with Crippen molar-refractivity contribution in [3.63, 3.8) is 0 Å². The van der Waals surface area contributed by atoms with E-state index >= 15 is 0 Å². The van der Waals surface area contributed by atoms with Crippen LogP contribution < -0.4 is 5.32 Å². The number of nitrogens with zero attached hydrogens (tertiary/aromatic N) is 1. The summed E-state index contributed by atoms with van der Waals surface area (Å²) in [5.41, 5.74) is 1.95. The fourth-order valence-electron chi connectivity index (χ4n) is 2.60. The van der Waals surface area contributed by atoms with Gasteiger partial charge in [0.2, 0.25) is 0 Å². The van der Waals surface area contributed by atoms with Crippen molar-refractivity contribution in [1.82, 2.24) is 9.88 Å². The summed E-state index contributed by atoms with van der Waals surface area (Å²) in [6, 6.07) is 13.7. The first kappa shape index (κ1) is 11.8. The highest BCUT2D eigenvalue weighted by Gasteiger charge is 2.30. The van der Waals surface area contributed by atoms with Crippen LogP contribution in [-0.2, 0) is 0 Å². The van der Waals surface area contributed by atoms with E-state index < -0.39 is 0 Å². The molecule has 0 radical (unpaired) electrons. The molecule has 1 atom stereocenters. The Balaban J connectivity index is 1.72. The second-order valence-electron chi connectivity index (χ2n) is 4.77. The molecular weight excluding hydrogens is 238 g/mol. The summed E-state index contributed by atoms with van der Waals surface area (Å²) in [7, 11) is 0. The van der Waals surface area contributed by atoms with E-state index in [2.05, 4.69) is 10.3 Å². The Morgan fingerprint density at radius 1 is 1.21 bits per heavy atom. The number of aromatic amines is 1. The summed E-state index contributed by atoms with van der Waals surface area (Å²) in [4.78, 5) is 17.4. The molecule has 1 aromatic heterocycles. The van der Waals surface area contributed by atoms with Crippen LogP contribution in [0.3, 0.4) is 0 Å². The van der Waals surface area contributed by atoms with Gasteiger partial charge in [-0.25, -0.2) is 4.79 Å². The van der Waals surface area contributed by atoms with Gasteiger partial charge in [-0.15, -0.1) is 0 Å². The maximum absolute atomic E-state index is 12.3. The Bertz CT molecular complexity index is 536. The molecule has 1 fully saturated rings. The maximum Gasteiger partial charge on any atom is 0.322 e. The molecule has 1 saturated heterocycles. The zero-order valence-corrected chi connectivity index (χ0v) is 10.7. The molecule has 1 aliphatic rings. The van der Waals surface area contributed by atoms with Crippen LogP contribution in [0.5, 0.6) is 0 Å². The topological polar surface area (TPSA) is 48.1 Å². The van der Waals surface area contributed by atoms with Crippen molar-refractivity contribution in [3.05, 3.63) is 54.4 Å².